The number of fused-ring (bicyclic) bond motifs is 1. The minimum atomic E-state index is -0.172. The number of hydrogen-bond donors (Lipinski definition) is 2. The molecule has 2 N–H and O–H groups in total. The van der Waals surface area contributed by atoms with Gasteiger partial charge in [-0.3, -0.25) is 0 Å². The summed E-state index contributed by atoms with van der Waals surface area (Å²) in [6, 6.07) is 8.45. The van der Waals surface area contributed by atoms with E-state index in [2.05, 4.69) is 43.1 Å². The topological polar surface area (TPSA) is 36.0 Å². The average Bonchev–Trinajstić information content (AvgIpc) is 2.84. The number of aliphatic hydroxyl groups is 1. The molecule has 1 aromatic carbocycles. The Labute approximate surface area is 109 Å². The first kappa shape index (κ1) is 13.2. The van der Waals surface area contributed by atoms with Gasteiger partial charge in [-0.1, -0.05) is 32.4 Å². The molecule has 2 heteroatoms. The van der Waals surface area contributed by atoms with E-state index >= 15 is 0 Å². The first-order valence-electron chi connectivity index (χ1n) is 6.93. The van der Waals surface area contributed by atoms with E-state index in [9.17, 15) is 5.11 Å². The fourth-order valence-corrected chi connectivity index (χ4v) is 2.44. The van der Waals surface area contributed by atoms with Crippen LogP contribution in [0.3, 0.4) is 0 Å². The molecule has 98 valence electrons. The Bertz CT molecular complexity index is 489. The Balaban J connectivity index is 1.95. The Morgan fingerprint density at radius 3 is 2.89 bits per heavy atom. The first-order valence-corrected chi connectivity index (χ1v) is 6.93. The average molecular weight is 245 g/mol. The third-order valence-corrected chi connectivity index (χ3v) is 3.80. The van der Waals surface area contributed by atoms with Crippen molar-refractivity contribution in [3.63, 3.8) is 0 Å². The van der Waals surface area contributed by atoms with E-state index in [1.165, 1.54) is 16.5 Å². The van der Waals surface area contributed by atoms with E-state index in [0.29, 0.717) is 5.92 Å². The largest absolute Gasteiger partial charge is 0.393 e. The molecule has 0 fully saturated rings. The lowest BCUT2D eigenvalue weighted by atomic mass is 9.96. The first-order chi connectivity index (χ1) is 8.70. The van der Waals surface area contributed by atoms with Gasteiger partial charge in [0.2, 0.25) is 0 Å². The molecular weight excluding hydrogens is 222 g/mol. The number of benzene rings is 1. The summed E-state index contributed by atoms with van der Waals surface area (Å²) in [5.74, 6) is 0.614. The van der Waals surface area contributed by atoms with Crippen LogP contribution in [0.25, 0.3) is 10.9 Å². The van der Waals surface area contributed by atoms with E-state index in [4.69, 9.17) is 0 Å². The highest BCUT2D eigenvalue weighted by atomic mass is 16.3. The number of aryl methyl sites for hydroxylation is 1. The zero-order valence-corrected chi connectivity index (χ0v) is 11.3. The molecule has 0 saturated carbocycles. The third-order valence-electron chi connectivity index (χ3n) is 3.80. The lowest BCUT2D eigenvalue weighted by molar-refractivity contribution is 0.135. The van der Waals surface area contributed by atoms with Crippen molar-refractivity contribution in [2.45, 2.75) is 45.6 Å². The third kappa shape index (κ3) is 3.14. The van der Waals surface area contributed by atoms with Crippen LogP contribution in [0, 0.1) is 5.92 Å². The maximum absolute atomic E-state index is 10.0. The van der Waals surface area contributed by atoms with Crippen molar-refractivity contribution in [3.05, 3.63) is 36.0 Å². The van der Waals surface area contributed by atoms with Gasteiger partial charge in [0.25, 0.3) is 0 Å². The monoisotopic (exact) mass is 245 g/mol. The van der Waals surface area contributed by atoms with E-state index in [0.717, 1.165) is 25.7 Å². The molecule has 0 bridgehead atoms. The molecule has 0 amide bonds. The summed E-state index contributed by atoms with van der Waals surface area (Å²) in [5.41, 5.74) is 2.51. The van der Waals surface area contributed by atoms with Gasteiger partial charge in [-0.15, -0.1) is 0 Å². The maximum atomic E-state index is 10.0. The fraction of sp³-hybridized carbons (Fsp3) is 0.500. The van der Waals surface area contributed by atoms with Crippen LogP contribution < -0.4 is 0 Å². The molecule has 2 nitrogen and oxygen atoms in total. The van der Waals surface area contributed by atoms with Crippen LogP contribution in [0.4, 0.5) is 0 Å². The summed E-state index contributed by atoms with van der Waals surface area (Å²) >= 11 is 0. The highest BCUT2D eigenvalue weighted by Crippen LogP contribution is 2.20. The molecule has 2 unspecified atom stereocenters. The summed E-state index contributed by atoms with van der Waals surface area (Å²) in [6.45, 7) is 4.38. The van der Waals surface area contributed by atoms with Crippen LogP contribution in [0.1, 0.15) is 38.7 Å². The molecule has 0 aliphatic carbocycles. The van der Waals surface area contributed by atoms with Crippen molar-refractivity contribution in [1.82, 2.24) is 4.98 Å². The van der Waals surface area contributed by atoms with Crippen molar-refractivity contribution in [3.8, 4) is 0 Å². The molecule has 2 aromatic rings. The van der Waals surface area contributed by atoms with E-state index in [1.807, 2.05) is 6.20 Å². The van der Waals surface area contributed by atoms with Gasteiger partial charge in [0.1, 0.15) is 0 Å². The Kier molecular flexibility index (Phi) is 4.43. The number of rotatable bonds is 6. The number of H-pyrrole nitrogens is 1. The van der Waals surface area contributed by atoms with Crippen LogP contribution in [-0.4, -0.2) is 16.2 Å². The Hall–Kier alpha value is -1.28. The SMILES string of the molecule is CCC(C)CC(O)CCc1cccc2[nH]ccc12. The van der Waals surface area contributed by atoms with E-state index < -0.39 is 0 Å². The van der Waals surface area contributed by atoms with Gasteiger partial charge in [-0.25, -0.2) is 0 Å². The van der Waals surface area contributed by atoms with Crippen molar-refractivity contribution < 1.29 is 5.11 Å². The summed E-state index contributed by atoms with van der Waals surface area (Å²) < 4.78 is 0. The minimum absolute atomic E-state index is 0.172. The van der Waals surface area contributed by atoms with Crippen LogP contribution in [-0.2, 0) is 6.42 Å². The quantitative estimate of drug-likeness (QED) is 0.795. The highest BCUT2D eigenvalue weighted by molar-refractivity contribution is 5.82. The lowest BCUT2D eigenvalue weighted by Crippen LogP contribution is -2.12. The van der Waals surface area contributed by atoms with Gasteiger partial charge in [0, 0.05) is 17.1 Å². The van der Waals surface area contributed by atoms with Crippen LogP contribution in [0.15, 0.2) is 30.5 Å². The van der Waals surface area contributed by atoms with Crippen LogP contribution >= 0.6 is 0 Å². The highest BCUT2D eigenvalue weighted by Gasteiger charge is 2.10. The molecule has 0 aliphatic heterocycles. The molecule has 1 aromatic heterocycles. The summed E-state index contributed by atoms with van der Waals surface area (Å²) in [7, 11) is 0. The van der Waals surface area contributed by atoms with E-state index in [-0.39, 0.29) is 6.10 Å². The van der Waals surface area contributed by atoms with Gasteiger partial charge in [-0.2, -0.15) is 0 Å². The molecular formula is C16H23NO. The maximum Gasteiger partial charge on any atom is 0.0546 e. The summed E-state index contributed by atoms with van der Waals surface area (Å²) in [6.07, 6.45) is 5.67. The van der Waals surface area contributed by atoms with Gasteiger partial charge < -0.3 is 10.1 Å². The zero-order valence-electron chi connectivity index (χ0n) is 11.3. The van der Waals surface area contributed by atoms with Crippen LogP contribution in [0.5, 0.6) is 0 Å². The molecule has 2 rings (SSSR count). The normalized spacial score (nSPS) is 14.8. The number of nitrogens with one attached hydrogen (secondary N) is 1. The molecule has 1 heterocycles. The number of aliphatic hydroxyl groups excluding tert-OH is 1. The Morgan fingerprint density at radius 2 is 2.11 bits per heavy atom. The van der Waals surface area contributed by atoms with Gasteiger partial charge in [-0.05, 0) is 42.9 Å². The van der Waals surface area contributed by atoms with Crippen molar-refractivity contribution in [2.75, 3.05) is 0 Å². The summed E-state index contributed by atoms with van der Waals surface area (Å²) in [4.78, 5) is 3.23. The van der Waals surface area contributed by atoms with Crippen molar-refractivity contribution >= 4 is 10.9 Å². The van der Waals surface area contributed by atoms with Gasteiger partial charge in [0.15, 0.2) is 0 Å². The second-order valence-corrected chi connectivity index (χ2v) is 5.30. The molecule has 0 aliphatic rings. The van der Waals surface area contributed by atoms with Gasteiger partial charge in [0.05, 0.1) is 6.10 Å². The number of aromatic amines is 1. The molecule has 2 atom stereocenters. The second kappa shape index (κ2) is 6.05. The van der Waals surface area contributed by atoms with Crippen LogP contribution in [0.2, 0.25) is 0 Å². The molecule has 0 radical (unpaired) electrons. The number of aromatic nitrogens is 1. The zero-order chi connectivity index (χ0) is 13.0. The smallest absolute Gasteiger partial charge is 0.0546 e. The number of hydrogen-bond acceptors (Lipinski definition) is 1. The minimum Gasteiger partial charge on any atom is -0.393 e. The predicted octanol–water partition coefficient (Wildman–Crippen LogP) is 3.90. The van der Waals surface area contributed by atoms with Crippen molar-refractivity contribution in [2.24, 2.45) is 5.92 Å². The fourth-order valence-electron chi connectivity index (χ4n) is 2.44. The summed E-state index contributed by atoms with van der Waals surface area (Å²) in [5, 5.41) is 11.3. The predicted molar refractivity (Wildman–Crippen MR) is 76.7 cm³/mol. The van der Waals surface area contributed by atoms with Gasteiger partial charge >= 0.3 is 0 Å². The molecule has 0 spiro atoms. The standard InChI is InChI=1S/C16H23NO/c1-3-12(2)11-14(18)8-7-13-5-4-6-16-15(13)9-10-17-16/h4-6,9-10,12,14,17-18H,3,7-8,11H2,1-2H3. The lowest BCUT2D eigenvalue weighted by Gasteiger charge is -2.15. The second-order valence-electron chi connectivity index (χ2n) is 5.30. The van der Waals surface area contributed by atoms with Crippen molar-refractivity contribution in [1.29, 1.82) is 0 Å². The molecule has 18 heavy (non-hydrogen) atoms. The Morgan fingerprint density at radius 1 is 1.28 bits per heavy atom. The molecule has 0 saturated heterocycles. The van der Waals surface area contributed by atoms with E-state index in [1.54, 1.807) is 0 Å².